The third-order valence-electron chi connectivity index (χ3n) is 3.52. The first kappa shape index (κ1) is 13.0. The number of amides is 1. The maximum Gasteiger partial charge on any atom is 0.223 e. The number of halogens is 1. The lowest BCUT2D eigenvalue weighted by Gasteiger charge is -2.25. The van der Waals surface area contributed by atoms with Gasteiger partial charge in [0.05, 0.1) is 0 Å². The Morgan fingerprint density at radius 2 is 1.83 bits per heavy atom. The fourth-order valence-corrected chi connectivity index (χ4v) is 2.32. The average Bonchev–Trinajstić information content (AvgIpc) is 2.38. The fourth-order valence-electron chi connectivity index (χ4n) is 2.32. The highest BCUT2D eigenvalue weighted by Crippen LogP contribution is 2.23. The summed E-state index contributed by atoms with van der Waals surface area (Å²) in [6, 6.07) is 6.44. The van der Waals surface area contributed by atoms with E-state index >= 15 is 0 Å². The SMILES string of the molecule is NC1CCC(C(=O)NCc2ccc(F)cc2)CC1. The zero-order chi connectivity index (χ0) is 13.0. The molecule has 0 aliphatic heterocycles. The predicted octanol–water partition coefficient (Wildman–Crippen LogP) is 1.96. The van der Waals surface area contributed by atoms with Crippen LogP contribution in [0.1, 0.15) is 31.2 Å². The predicted molar refractivity (Wildman–Crippen MR) is 68.2 cm³/mol. The minimum absolute atomic E-state index is 0.0882. The van der Waals surface area contributed by atoms with Crippen molar-refractivity contribution in [3.63, 3.8) is 0 Å². The van der Waals surface area contributed by atoms with Crippen LogP contribution >= 0.6 is 0 Å². The van der Waals surface area contributed by atoms with Gasteiger partial charge in [-0.3, -0.25) is 4.79 Å². The Morgan fingerprint density at radius 3 is 2.44 bits per heavy atom. The van der Waals surface area contributed by atoms with Crippen molar-refractivity contribution in [2.24, 2.45) is 11.7 Å². The van der Waals surface area contributed by atoms with Gasteiger partial charge in [-0.2, -0.15) is 0 Å². The highest BCUT2D eigenvalue weighted by Gasteiger charge is 2.24. The highest BCUT2D eigenvalue weighted by molar-refractivity contribution is 5.78. The summed E-state index contributed by atoms with van der Waals surface area (Å²) in [7, 11) is 0. The molecule has 0 saturated heterocycles. The Hall–Kier alpha value is -1.42. The summed E-state index contributed by atoms with van der Waals surface area (Å²) in [4.78, 5) is 11.9. The molecule has 2 rings (SSSR count). The molecule has 0 radical (unpaired) electrons. The van der Waals surface area contributed by atoms with Crippen LogP contribution in [0.3, 0.4) is 0 Å². The topological polar surface area (TPSA) is 55.1 Å². The van der Waals surface area contributed by atoms with Gasteiger partial charge in [0, 0.05) is 18.5 Å². The summed E-state index contributed by atoms with van der Waals surface area (Å²) in [6.07, 6.45) is 3.59. The molecule has 1 amide bonds. The van der Waals surface area contributed by atoms with Crippen molar-refractivity contribution in [1.82, 2.24) is 5.32 Å². The number of carbonyl (C=O) groups excluding carboxylic acids is 1. The van der Waals surface area contributed by atoms with Crippen LogP contribution in [0.15, 0.2) is 24.3 Å². The molecule has 1 aliphatic rings. The van der Waals surface area contributed by atoms with Crippen LogP contribution in [0.2, 0.25) is 0 Å². The van der Waals surface area contributed by atoms with Crippen LogP contribution in [0.25, 0.3) is 0 Å². The molecule has 3 nitrogen and oxygen atoms in total. The quantitative estimate of drug-likeness (QED) is 0.861. The largest absolute Gasteiger partial charge is 0.352 e. The second-order valence-corrected chi connectivity index (χ2v) is 4.96. The van der Waals surface area contributed by atoms with Crippen molar-refractivity contribution in [1.29, 1.82) is 0 Å². The van der Waals surface area contributed by atoms with Crippen LogP contribution in [0.5, 0.6) is 0 Å². The standard InChI is InChI=1S/C14H19FN2O/c15-12-5-1-10(2-6-12)9-17-14(18)11-3-7-13(16)8-4-11/h1-2,5-6,11,13H,3-4,7-9,16H2,(H,17,18). The summed E-state index contributed by atoms with van der Waals surface area (Å²) < 4.78 is 12.7. The molecule has 18 heavy (non-hydrogen) atoms. The first-order chi connectivity index (χ1) is 8.65. The molecule has 1 fully saturated rings. The molecule has 0 aromatic heterocycles. The molecule has 1 aliphatic carbocycles. The Bertz CT molecular complexity index is 397. The monoisotopic (exact) mass is 250 g/mol. The van der Waals surface area contributed by atoms with E-state index in [4.69, 9.17) is 5.73 Å². The van der Waals surface area contributed by atoms with Crippen LogP contribution in [0, 0.1) is 11.7 Å². The van der Waals surface area contributed by atoms with Gasteiger partial charge in [-0.25, -0.2) is 4.39 Å². The Balaban J connectivity index is 1.79. The van der Waals surface area contributed by atoms with E-state index < -0.39 is 0 Å². The smallest absolute Gasteiger partial charge is 0.223 e. The normalized spacial score (nSPS) is 23.7. The molecular formula is C14H19FN2O. The van der Waals surface area contributed by atoms with E-state index in [9.17, 15) is 9.18 Å². The zero-order valence-electron chi connectivity index (χ0n) is 10.4. The molecule has 98 valence electrons. The summed E-state index contributed by atoms with van der Waals surface area (Å²) in [6.45, 7) is 0.460. The van der Waals surface area contributed by atoms with Crippen molar-refractivity contribution in [2.75, 3.05) is 0 Å². The molecule has 1 saturated carbocycles. The van der Waals surface area contributed by atoms with E-state index in [1.807, 2.05) is 0 Å². The van der Waals surface area contributed by atoms with Gasteiger partial charge in [0.25, 0.3) is 0 Å². The third-order valence-corrected chi connectivity index (χ3v) is 3.52. The minimum Gasteiger partial charge on any atom is -0.352 e. The van der Waals surface area contributed by atoms with Gasteiger partial charge in [0.2, 0.25) is 5.91 Å². The summed E-state index contributed by atoms with van der Waals surface area (Å²) >= 11 is 0. The van der Waals surface area contributed by atoms with Gasteiger partial charge in [0.1, 0.15) is 5.82 Å². The van der Waals surface area contributed by atoms with Gasteiger partial charge in [-0.1, -0.05) is 12.1 Å². The van der Waals surface area contributed by atoms with Crippen LogP contribution in [-0.2, 0) is 11.3 Å². The van der Waals surface area contributed by atoms with Crippen molar-refractivity contribution < 1.29 is 9.18 Å². The fraction of sp³-hybridized carbons (Fsp3) is 0.500. The van der Waals surface area contributed by atoms with Crippen molar-refractivity contribution in [2.45, 2.75) is 38.3 Å². The van der Waals surface area contributed by atoms with E-state index in [1.54, 1.807) is 12.1 Å². The van der Waals surface area contributed by atoms with E-state index in [2.05, 4.69) is 5.32 Å². The Kier molecular flexibility index (Phi) is 4.31. The number of nitrogens with two attached hydrogens (primary N) is 1. The Labute approximate surface area is 107 Å². The zero-order valence-corrected chi connectivity index (χ0v) is 10.4. The highest BCUT2D eigenvalue weighted by atomic mass is 19.1. The summed E-state index contributed by atoms with van der Waals surface area (Å²) in [5.41, 5.74) is 6.72. The first-order valence-corrected chi connectivity index (χ1v) is 6.43. The van der Waals surface area contributed by atoms with Gasteiger partial charge < -0.3 is 11.1 Å². The maximum atomic E-state index is 12.7. The maximum absolute atomic E-state index is 12.7. The number of benzene rings is 1. The molecule has 0 heterocycles. The van der Waals surface area contributed by atoms with E-state index in [0.29, 0.717) is 6.54 Å². The minimum atomic E-state index is -0.258. The summed E-state index contributed by atoms with van der Waals surface area (Å²) in [5, 5.41) is 2.90. The number of hydrogen-bond acceptors (Lipinski definition) is 2. The van der Waals surface area contributed by atoms with Crippen molar-refractivity contribution in [3.05, 3.63) is 35.6 Å². The number of rotatable bonds is 3. The van der Waals surface area contributed by atoms with Crippen molar-refractivity contribution in [3.8, 4) is 0 Å². The lowest BCUT2D eigenvalue weighted by molar-refractivity contribution is -0.126. The van der Waals surface area contributed by atoms with Crippen LogP contribution in [-0.4, -0.2) is 11.9 Å². The van der Waals surface area contributed by atoms with E-state index in [-0.39, 0.29) is 23.7 Å². The van der Waals surface area contributed by atoms with Crippen molar-refractivity contribution >= 4 is 5.91 Å². The molecule has 1 aromatic rings. The van der Waals surface area contributed by atoms with E-state index in [0.717, 1.165) is 31.2 Å². The molecule has 3 N–H and O–H groups in total. The third kappa shape index (κ3) is 3.53. The van der Waals surface area contributed by atoms with Gasteiger partial charge in [0.15, 0.2) is 0 Å². The molecule has 0 atom stereocenters. The first-order valence-electron chi connectivity index (χ1n) is 6.43. The van der Waals surface area contributed by atoms with Gasteiger partial charge >= 0.3 is 0 Å². The number of carbonyl (C=O) groups is 1. The van der Waals surface area contributed by atoms with Crippen LogP contribution < -0.4 is 11.1 Å². The van der Waals surface area contributed by atoms with Crippen LogP contribution in [0.4, 0.5) is 4.39 Å². The Morgan fingerprint density at radius 1 is 1.22 bits per heavy atom. The lowest BCUT2D eigenvalue weighted by atomic mass is 9.86. The number of hydrogen-bond donors (Lipinski definition) is 2. The summed E-state index contributed by atoms with van der Waals surface area (Å²) in [5.74, 6) is -0.0807. The molecule has 0 spiro atoms. The van der Waals surface area contributed by atoms with Gasteiger partial charge in [-0.15, -0.1) is 0 Å². The molecule has 0 unspecified atom stereocenters. The molecule has 1 aromatic carbocycles. The molecule has 0 bridgehead atoms. The van der Waals surface area contributed by atoms with E-state index in [1.165, 1.54) is 12.1 Å². The van der Waals surface area contributed by atoms with Gasteiger partial charge in [-0.05, 0) is 43.4 Å². The lowest BCUT2D eigenvalue weighted by Crippen LogP contribution is -2.35. The second-order valence-electron chi connectivity index (χ2n) is 4.96. The average molecular weight is 250 g/mol. The second kappa shape index (κ2) is 5.96. The molecular weight excluding hydrogens is 231 g/mol. The number of nitrogens with one attached hydrogen (secondary N) is 1. The molecule has 4 heteroatoms.